The molecule has 1 amide bonds. The number of aryl methyl sites for hydroxylation is 1. The lowest BCUT2D eigenvalue weighted by Crippen LogP contribution is -2.30. The number of anilines is 1. The van der Waals surface area contributed by atoms with E-state index in [-0.39, 0.29) is 5.91 Å². The van der Waals surface area contributed by atoms with E-state index in [9.17, 15) is 4.79 Å². The zero-order valence-electron chi connectivity index (χ0n) is 12.4. The van der Waals surface area contributed by atoms with Crippen LogP contribution in [-0.2, 0) is 17.9 Å². The van der Waals surface area contributed by atoms with Crippen LogP contribution in [0.2, 0.25) is 0 Å². The first kappa shape index (κ1) is 15.3. The van der Waals surface area contributed by atoms with Crippen molar-refractivity contribution in [1.29, 1.82) is 0 Å². The lowest BCUT2D eigenvalue weighted by molar-refractivity contribution is -0.117. The van der Waals surface area contributed by atoms with Crippen LogP contribution in [0.15, 0.2) is 40.8 Å². The second-order valence-electron chi connectivity index (χ2n) is 5.09. The van der Waals surface area contributed by atoms with Gasteiger partial charge in [0.15, 0.2) is 0 Å². The van der Waals surface area contributed by atoms with Crippen molar-refractivity contribution in [3.63, 3.8) is 0 Å². The molecule has 2 aromatic rings. The van der Waals surface area contributed by atoms with Crippen molar-refractivity contribution in [2.45, 2.75) is 20.0 Å². The summed E-state index contributed by atoms with van der Waals surface area (Å²) in [5.74, 6) is 1.66. The van der Waals surface area contributed by atoms with Gasteiger partial charge in [-0.3, -0.25) is 9.69 Å². The van der Waals surface area contributed by atoms with Gasteiger partial charge in [0.05, 0.1) is 13.1 Å². The predicted octanol–water partition coefficient (Wildman–Crippen LogP) is 2.12. The molecule has 21 heavy (non-hydrogen) atoms. The summed E-state index contributed by atoms with van der Waals surface area (Å²) in [5.41, 5.74) is 7.35. The highest BCUT2D eigenvalue weighted by atomic mass is 16.3. The molecular formula is C16H21N3O2. The maximum absolute atomic E-state index is 12.1. The van der Waals surface area contributed by atoms with E-state index in [1.165, 1.54) is 0 Å². The molecule has 1 aromatic heterocycles. The summed E-state index contributed by atoms with van der Waals surface area (Å²) in [4.78, 5) is 14.0. The molecule has 0 unspecified atom stereocenters. The molecular weight excluding hydrogens is 266 g/mol. The topological polar surface area (TPSA) is 71.5 Å². The Hall–Kier alpha value is -2.11. The minimum Gasteiger partial charge on any atom is -0.465 e. The van der Waals surface area contributed by atoms with E-state index in [0.29, 0.717) is 19.6 Å². The van der Waals surface area contributed by atoms with E-state index in [1.807, 2.05) is 55.3 Å². The Morgan fingerprint density at radius 3 is 2.71 bits per heavy atom. The molecule has 1 aromatic carbocycles. The number of hydrogen-bond acceptors (Lipinski definition) is 4. The van der Waals surface area contributed by atoms with E-state index in [0.717, 1.165) is 22.8 Å². The van der Waals surface area contributed by atoms with Crippen LogP contribution in [-0.4, -0.2) is 24.4 Å². The molecule has 0 radical (unpaired) electrons. The molecule has 0 bridgehead atoms. The summed E-state index contributed by atoms with van der Waals surface area (Å²) in [7, 11) is 1.88. The first-order valence-corrected chi connectivity index (χ1v) is 6.90. The van der Waals surface area contributed by atoms with Gasteiger partial charge in [-0.15, -0.1) is 0 Å². The molecule has 0 aliphatic heterocycles. The number of amides is 1. The summed E-state index contributed by atoms with van der Waals surface area (Å²) in [6.07, 6.45) is 0. The van der Waals surface area contributed by atoms with Crippen molar-refractivity contribution in [3.05, 3.63) is 53.5 Å². The molecule has 0 fully saturated rings. The number of likely N-dealkylation sites (N-methyl/N-ethyl adjacent to an activating group) is 1. The number of hydrogen-bond donors (Lipinski definition) is 2. The van der Waals surface area contributed by atoms with Gasteiger partial charge >= 0.3 is 0 Å². The fraction of sp³-hybridized carbons (Fsp3) is 0.312. The van der Waals surface area contributed by atoms with Gasteiger partial charge in [0, 0.05) is 12.2 Å². The van der Waals surface area contributed by atoms with Crippen LogP contribution >= 0.6 is 0 Å². The highest BCUT2D eigenvalue weighted by Crippen LogP contribution is 2.14. The SMILES string of the molecule is Cc1ccc(CN(C)CC(=O)Nc2ccccc2CN)o1. The van der Waals surface area contributed by atoms with Crippen molar-refractivity contribution in [3.8, 4) is 0 Å². The third-order valence-corrected chi connectivity index (χ3v) is 3.15. The maximum Gasteiger partial charge on any atom is 0.238 e. The first-order chi connectivity index (χ1) is 10.1. The maximum atomic E-state index is 12.1. The molecule has 5 nitrogen and oxygen atoms in total. The number of carbonyl (C=O) groups excluding carboxylic acids is 1. The van der Waals surface area contributed by atoms with Crippen LogP contribution in [0.3, 0.4) is 0 Å². The van der Waals surface area contributed by atoms with Crippen LogP contribution in [0.25, 0.3) is 0 Å². The van der Waals surface area contributed by atoms with Gasteiger partial charge in [0.25, 0.3) is 0 Å². The lowest BCUT2D eigenvalue weighted by Gasteiger charge is -2.16. The molecule has 0 aliphatic rings. The van der Waals surface area contributed by atoms with Gasteiger partial charge in [0.2, 0.25) is 5.91 Å². The second kappa shape index (κ2) is 7.06. The van der Waals surface area contributed by atoms with Crippen molar-refractivity contribution in [2.24, 2.45) is 5.73 Å². The molecule has 0 saturated carbocycles. The molecule has 5 heteroatoms. The van der Waals surface area contributed by atoms with E-state index in [2.05, 4.69) is 5.32 Å². The standard InChI is InChI=1S/C16H21N3O2/c1-12-7-8-14(21-12)10-19(2)11-16(20)18-15-6-4-3-5-13(15)9-17/h3-8H,9-11,17H2,1-2H3,(H,18,20). The Labute approximate surface area is 124 Å². The Kier molecular flexibility index (Phi) is 5.14. The Morgan fingerprint density at radius 2 is 2.05 bits per heavy atom. The monoisotopic (exact) mass is 287 g/mol. The molecule has 0 aliphatic carbocycles. The number of carbonyl (C=O) groups is 1. The van der Waals surface area contributed by atoms with Crippen molar-refractivity contribution in [2.75, 3.05) is 18.9 Å². The van der Waals surface area contributed by atoms with Gasteiger partial charge in [0.1, 0.15) is 11.5 Å². The highest BCUT2D eigenvalue weighted by molar-refractivity contribution is 5.92. The van der Waals surface area contributed by atoms with Crippen molar-refractivity contribution in [1.82, 2.24) is 4.90 Å². The average Bonchev–Trinajstić information content (AvgIpc) is 2.84. The fourth-order valence-corrected chi connectivity index (χ4v) is 2.15. The molecule has 0 saturated heterocycles. The number of furan rings is 1. The predicted molar refractivity (Wildman–Crippen MR) is 82.7 cm³/mol. The van der Waals surface area contributed by atoms with Crippen LogP contribution in [0, 0.1) is 6.92 Å². The smallest absolute Gasteiger partial charge is 0.238 e. The van der Waals surface area contributed by atoms with Gasteiger partial charge in [-0.25, -0.2) is 0 Å². The van der Waals surface area contributed by atoms with Crippen molar-refractivity contribution < 1.29 is 9.21 Å². The Morgan fingerprint density at radius 1 is 1.29 bits per heavy atom. The quantitative estimate of drug-likeness (QED) is 0.853. The van der Waals surface area contributed by atoms with Gasteiger partial charge < -0.3 is 15.5 Å². The number of benzene rings is 1. The van der Waals surface area contributed by atoms with Crippen molar-refractivity contribution >= 4 is 11.6 Å². The highest BCUT2D eigenvalue weighted by Gasteiger charge is 2.10. The average molecular weight is 287 g/mol. The third kappa shape index (κ3) is 4.44. The number of para-hydroxylation sites is 1. The molecule has 1 heterocycles. The van der Waals surface area contributed by atoms with Crippen LogP contribution in [0.5, 0.6) is 0 Å². The number of nitrogens with zero attached hydrogens (tertiary/aromatic N) is 1. The van der Waals surface area contributed by atoms with Gasteiger partial charge in [-0.2, -0.15) is 0 Å². The molecule has 3 N–H and O–H groups in total. The van der Waals surface area contributed by atoms with Crippen LogP contribution in [0.1, 0.15) is 17.1 Å². The molecule has 2 rings (SSSR count). The molecule has 0 spiro atoms. The minimum absolute atomic E-state index is 0.0679. The number of rotatable bonds is 6. The van der Waals surface area contributed by atoms with Crippen LogP contribution < -0.4 is 11.1 Å². The fourth-order valence-electron chi connectivity index (χ4n) is 2.15. The summed E-state index contributed by atoms with van der Waals surface area (Å²) < 4.78 is 5.50. The minimum atomic E-state index is -0.0679. The van der Waals surface area contributed by atoms with E-state index in [4.69, 9.17) is 10.2 Å². The van der Waals surface area contributed by atoms with E-state index >= 15 is 0 Å². The lowest BCUT2D eigenvalue weighted by atomic mass is 10.2. The normalized spacial score (nSPS) is 10.9. The van der Waals surface area contributed by atoms with E-state index in [1.54, 1.807) is 0 Å². The summed E-state index contributed by atoms with van der Waals surface area (Å²) in [6, 6.07) is 11.4. The summed E-state index contributed by atoms with van der Waals surface area (Å²) in [6.45, 7) is 3.19. The zero-order chi connectivity index (χ0) is 15.2. The van der Waals surface area contributed by atoms with Gasteiger partial charge in [-0.05, 0) is 37.7 Å². The van der Waals surface area contributed by atoms with Crippen LogP contribution in [0.4, 0.5) is 5.69 Å². The third-order valence-electron chi connectivity index (χ3n) is 3.15. The van der Waals surface area contributed by atoms with Gasteiger partial charge in [-0.1, -0.05) is 18.2 Å². The zero-order valence-corrected chi connectivity index (χ0v) is 12.4. The summed E-state index contributed by atoms with van der Waals surface area (Å²) in [5, 5.41) is 2.89. The Bertz CT molecular complexity index is 607. The largest absolute Gasteiger partial charge is 0.465 e. The molecule has 112 valence electrons. The summed E-state index contributed by atoms with van der Waals surface area (Å²) >= 11 is 0. The molecule has 0 atom stereocenters. The second-order valence-corrected chi connectivity index (χ2v) is 5.09. The first-order valence-electron chi connectivity index (χ1n) is 6.90. The Balaban J connectivity index is 1.89. The van der Waals surface area contributed by atoms with E-state index < -0.39 is 0 Å². The number of nitrogens with two attached hydrogens (primary N) is 1. The number of nitrogens with one attached hydrogen (secondary N) is 1.